The summed E-state index contributed by atoms with van der Waals surface area (Å²) >= 11 is 0. The molecule has 11 rings (SSSR count). The van der Waals surface area contributed by atoms with Crippen LogP contribution in [-0.2, 0) is 0 Å². The molecule has 60 heavy (non-hydrogen) atoms. The van der Waals surface area contributed by atoms with E-state index in [1.165, 1.54) is 60.0 Å². The molecule has 0 radical (unpaired) electrons. The molecule has 0 aliphatic carbocycles. The first-order valence-corrected chi connectivity index (χ1v) is 20.6. The molecular weight excluding hydrogens is 727 g/mol. The molecular formula is C57H41N3. The van der Waals surface area contributed by atoms with Crippen LogP contribution in [0.5, 0.6) is 0 Å². The molecule has 0 saturated heterocycles. The van der Waals surface area contributed by atoms with Gasteiger partial charge in [-0.3, -0.25) is 0 Å². The van der Waals surface area contributed by atoms with Crippen molar-refractivity contribution in [1.82, 2.24) is 4.57 Å². The third kappa shape index (κ3) is 6.07. The number of nitrogens with zero attached hydrogens (tertiary/aromatic N) is 3. The quantitative estimate of drug-likeness (QED) is 0.153. The van der Waals surface area contributed by atoms with Gasteiger partial charge in [-0.15, -0.1) is 0 Å². The highest BCUT2D eigenvalue weighted by Gasteiger charge is 2.21. The lowest BCUT2D eigenvalue weighted by molar-refractivity contribution is 1.18. The van der Waals surface area contributed by atoms with Gasteiger partial charge in [0.15, 0.2) is 0 Å². The Morgan fingerprint density at radius 2 is 0.883 bits per heavy atom. The normalized spacial score (nSPS) is 11.4. The molecule has 0 bridgehead atoms. The maximum Gasteiger partial charge on any atom is 0.0542 e. The third-order valence-corrected chi connectivity index (χ3v) is 11.8. The fourth-order valence-electron chi connectivity index (χ4n) is 9.00. The van der Waals surface area contributed by atoms with Crippen molar-refractivity contribution in [3.05, 3.63) is 236 Å². The van der Waals surface area contributed by atoms with E-state index in [0.717, 1.165) is 39.8 Å². The van der Waals surface area contributed by atoms with Crippen molar-refractivity contribution in [3.63, 3.8) is 0 Å². The first kappa shape index (κ1) is 35.3. The van der Waals surface area contributed by atoms with Gasteiger partial charge >= 0.3 is 0 Å². The highest BCUT2D eigenvalue weighted by Crippen LogP contribution is 2.45. The fourth-order valence-corrected chi connectivity index (χ4v) is 9.00. The van der Waals surface area contributed by atoms with Crippen molar-refractivity contribution in [2.75, 3.05) is 9.80 Å². The Kier molecular flexibility index (Phi) is 8.71. The van der Waals surface area contributed by atoms with Crippen LogP contribution in [0.1, 0.15) is 5.56 Å². The molecule has 10 aromatic carbocycles. The average Bonchev–Trinajstić information content (AvgIpc) is 3.64. The Morgan fingerprint density at radius 1 is 0.333 bits per heavy atom. The molecule has 3 heteroatoms. The van der Waals surface area contributed by atoms with Gasteiger partial charge in [-0.25, -0.2) is 0 Å². The minimum absolute atomic E-state index is 1.10. The van der Waals surface area contributed by atoms with Crippen molar-refractivity contribution >= 4 is 77.5 Å². The Balaban J connectivity index is 1.02. The first-order valence-electron chi connectivity index (χ1n) is 20.6. The van der Waals surface area contributed by atoms with Crippen molar-refractivity contribution in [2.24, 2.45) is 0 Å². The molecule has 0 spiro atoms. The van der Waals surface area contributed by atoms with Gasteiger partial charge in [0.1, 0.15) is 0 Å². The molecule has 284 valence electrons. The predicted molar refractivity (Wildman–Crippen MR) is 255 cm³/mol. The highest BCUT2D eigenvalue weighted by molar-refractivity contribution is 6.11. The zero-order chi connectivity index (χ0) is 40.0. The summed E-state index contributed by atoms with van der Waals surface area (Å²) in [5.74, 6) is 0. The second-order valence-corrected chi connectivity index (χ2v) is 15.5. The van der Waals surface area contributed by atoms with E-state index >= 15 is 0 Å². The molecule has 0 N–H and O–H groups in total. The van der Waals surface area contributed by atoms with Crippen LogP contribution in [-0.4, -0.2) is 4.57 Å². The Hall–Kier alpha value is -7.88. The zero-order valence-corrected chi connectivity index (χ0v) is 33.3. The average molecular weight is 768 g/mol. The van der Waals surface area contributed by atoms with Gasteiger partial charge in [-0.1, -0.05) is 151 Å². The van der Waals surface area contributed by atoms with Crippen molar-refractivity contribution in [3.8, 4) is 16.8 Å². The summed E-state index contributed by atoms with van der Waals surface area (Å²) in [6.45, 7) is 2.14. The van der Waals surface area contributed by atoms with E-state index in [1.807, 2.05) is 0 Å². The van der Waals surface area contributed by atoms with Crippen LogP contribution >= 0.6 is 0 Å². The molecule has 0 aliphatic rings. The van der Waals surface area contributed by atoms with Gasteiger partial charge in [-0.05, 0) is 114 Å². The van der Waals surface area contributed by atoms with Crippen LogP contribution in [0.15, 0.2) is 231 Å². The number of aryl methyl sites for hydroxylation is 1. The van der Waals surface area contributed by atoms with Crippen LogP contribution in [0.25, 0.3) is 60.2 Å². The van der Waals surface area contributed by atoms with Crippen molar-refractivity contribution in [1.29, 1.82) is 0 Å². The van der Waals surface area contributed by atoms with E-state index in [1.54, 1.807) is 0 Å². The van der Waals surface area contributed by atoms with Crippen LogP contribution in [0.4, 0.5) is 34.1 Å². The van der Waals surface area contributed by atoms with E-state index in [0.29, 0.717) is 0 Å². The Morgan fingerprint density at radius 3 is 1.67 bits per heavy atom. The summed E-state index contributed by atoms with van der Waals surface area (Å²) in [5, 5.41) is 7.30. The van der Waals surface area contributed by atoms with E-state index < -0.39 is 0 Å². The van der Waals surface area contributed by atoms with Gasteiger partial charge in [0.25, 0.3) is 0 Å². The molecule has 0 fully saturated rings. The number of hydrogen-bond donors (Lipinski definition) is 0. The molecule has 11 aromatic rings. The van der Waals surface area contributed by atoms with Gasteiger partial charge < -0.3 is 14.4 Å². The lowest BCUT2D eigenvalue weighted by atomic mass is 9.95. The number of hydrogen-bond acceptors (Lipinski definition) is 2. The second-order valence-electron chi connectivity index (χ2n) is 15.5. The molecule has 0 aliphatic heterocycles. The molecule has 0 amide bonds. The Bertz CT molecular complexity index is 3310. The second kappa shape index (κ2) is 14.8. The largest absolute Gasteiger partial charge is 0.310 e. The smallest absolute Gasteiger partial charge is 0.0542 e. The molecule has 0 saturated carbocycles. The molecule has 1 aromatic heterocycles. The molecule has 1 heterocycles. The summed E-state index contributed by atoms with van der Waals surface area (Å²) in [6, 6.07) is 83.5. The van der Waals surface area contributed by atoms with E-state index in [2.05, 4.69) is 252 Å². The van der Waals surface area contributed by atoms with E-state index in [9.17, 15) is 0 Å². The van der Waals surface area contributed by atoms with Crippen molar-refractivity contribution < 1.29 is 0 Å². The Labute approximate surface area is 350 Å². The van der Waals surface area contributed by atoms with Crippen LogP contribution in [0.2, 0.25) is 0 Å². The number of benzene rings is 10. The van der Waals surface area contributed by atoms with Crippen LogP contribution in [0.3, 0.4) is 0 Å². The maximum absolute atomic E-state index is 2.42. The first-order chi connectivity index (χ1) is 29.7. The zero-order valence-electron chi connectivity index (χ0n) is 33.3. The number of aromatic nitrogens is 1. The number of fused-ring (bicyclic) bond motifs is 5. The van der Waals surface area contributed by atoms with Gasteiger partial charge in [0.2, 0.25) is 0 Å². The lowest BCUT2D eigenvalue weighted by Crippen LogP contribution is -2.11. The summed E-state index contributed by atoms with van der Waals surface area (Å²) in [4.78, 5) is 4.78. The molecule has 0 atom stereocenters. The lowest BCUT2D eigenvalue weighted by Gasteiger charge is -2.29. The molecule has 3 nitrogen and oxygen atoms in total. The minimum Gasteiger partial charge on any atom is -0.310 e. The SMILES string of the molecule is Cc1ccc(N(c2cccc3ccccc23)c2ccc(-c3ccc(N(c4ccccc4)c4ccc5c(c4)c4ccccc4n5-c4ccccc4)cc3)c3ccccc23)cc1. The minimum atomic E-state index is 1.10. The monoisotopic (exact) mass is 767 g/mol. The third-order valence-electron chi connectivity index (χ3n) is 11.8. The van der Waals surface area contributed by atoms with Gasteiger partial charge in [-0.2, -0.15) is 0 Å². The number of rotatable bonds is 8. The van der Waals surface area contributed by atoms with E-state index in [-0.39, 0.29) is 0 Å². The summed E-state index contributed by atoms with van der Waals surface area (Å²) in [6.07, 6.45) is 0. The predicted octanol–water partition coefficient (Wildman–Crippen LogP) is 16.0. The highest BCUT2D eigenvalue weighted by atomic mass is 15.1. The van der Waals surface area contributed by atoms with Gasteiger partial charge in [0.05, 0.1) is 22.4 Å². The fraction of sp³-hybridized carbons (Fsp3) is 0.0175. The number of para-hydroxylation sites is 3. The summed E-state index contributed by atoms with van der Waals surface area (Å²) < 4.78 is 2.37. The summed E-state index contributed by atoms with van der Waals surface area (Å²) in [7, 11) is 0. The topological polar surface area (TPSA) is 11.4 Å². The van der Waals surface area contributed by atoms with E-state index in [4.69, 9.17) is 0 Å². The van der Waals surface area contributed by atoms with Crippen molar-refractivity contribution in [2.45, 2.75) is 6.92 Å². The number of anilines is 6. The standard InChI is InChI=1S/C57H41N3/c1-40-27-31-46(32-28-40)60(54-26-14-16-41-15-8-9-21-49(41)54)56-38-36-48(50-22-10-11-23-51(50)56)42-29-33-45(34-30-42)58(43-17-4-2-5-18-43)47-35-37-57-53(39-47)52-24-12-13-25-55(52)59(57)44-19-6-3-7-20-44/h2-39H,1H3. The molecule has 0 unspecified atom stereocenters. The maximum atomic E-state index is 2.42. The summed E-state index contributed by atoms with van der Waals surface area (Å²) in [5.41, 5.74) is 13.9. The van der Waals surface area contributed by atoms with Crippen LogP contribution < -0.4 is 9.80 Å². The van der Waals surface area contributed by atoms with Crippen LogP contribution in [0, 0.1) is 6.92 Å². The van der Waals surface area contributed by atoms with Gasteiger partial charge in [0, 0.05) is 50.0 Å².